The number of amides is 2. The normalized spacial score (nSPS) is 15.5. The molecule has 1 aromatic heterocycles. The number of hydrogen-bond donors (Lipinski definition) is 1. The van der Waals surface area contributed by atoms with Crippen molar-refractivity contribution in [2.75, 3.05) is 18.4 Å². The van der Waals surface area contributed by atoms with Crippen molar-refractivity contribution in [3.8, 4) is 5.88 Å². The first kappa shape index (κ1) is 18.9. The molecule has 144 valence electrons. The number of benzene rings is 1. The standard InChI is InChI=1S/C18H19F3N4O2/c1-12-22-9-6-16(23-12)27-15-7-10-25(11-8-15)17(26)24-14-4-2-13(3-5-14)18(19,20)21/h2-6,9,15H,7-8,10-11H2,1H3,(H,24,26). The van der Waals surface area contributed by atoms with Crippen LogP contribution in [0.2, 0.25) is 0 Å². The number of alkyl halides is 3. The van der Waals surface area contributed by atoms with Crippen LogP contribution in [0.15, 0.2) is 36.5 Å². The third kappa shape index (κ3) is 5.08. The largest absolute Gasteiger partial charge is 0.474 e. The van der Waals surface area contributed by atoms with Crippen LogP contribution in [0.25, 0.3) is 0 Å². The fraction of sp³-hybridized carbons (Fsp3) is 0.389. The molecular weight excluding hydrogens is 361 g/mol. The zero-order valence-electron chi connectivity index (χ0n) is 14.7. The van der Waals surface area contributed by atoms with E-state index in [2.05, 4.69) is 15.3 Å². The summed E-state index contributed by atoms with van der Waals surface area (Å²) in [6, 6.07) is 5.73. The third-order valence-corrected chi connectivity index (χ3v) is 4.23. The Morgan fingerprint density at radius 3 is 2.44 bits per heavy atom. The Hall–Kier alpha value is -2.84. The molecule has 0 bridgehead atoms. The summed E-state index contributed by atoms with van der Waals surface area (Å²) in [5.74, 6) is 1.14. The number of aromatic nitrogens is 2. The minimum Gasteiger partial charge on any atom is -0.474 e. The van der Waals surface area contributed by atoms with Gasteiger partial charge in [-0.05, 0) is 31.2 Å². The van der Waals surface area contributed by atoms with E-state index < -0.39 is 11.7 Å². The van der Waals surface area contributed by atoms with Crippen LogP contribution in [0.4, 0.5) is 23.7 Å². The minimum absolute atomic E-state index is 0.0468. The van der Waals surface area contributed by atoms with Crippen LogP contribution in [0, 0.1) is 6.92 Å². The smallest absolute Gasteiger partial charge is 0.416 e. The molecule has 1 aliphatic rings. The summed E-state index contributed by atoms with van der Waals surface area (Å²) in [5, 5.41) is 2.62. The van der Waals surface area contributed by atoms with E-state index in [4.69, 9.17) is 4.74 Å². The lowest BCUT2D eigenvalue weighted by Gasteiger charge is -2.32. The predicted molar refractivity (Wildman–Crippen MR) is 92.5 cm³/mol. The first-order valence-electron chi connectivity index (χ1n) is 8.51. The lowest BCUT2D eigenvalue weighted by atomic mass is 10.1. The second-order valence-corrected chi connectivity index (χ2v) is 6.25. The highest BCUT2D eigenvalue weighted by atomic mass is 19.4. The molecule has 0 radical (unpaired) electrons. The van der Waals surface area contributed by atoms with E-state index in [1.807, 2.05) is 0 Å². The number of hydrogen-bond acceptors (Lipinski definition) is 4. The lowest BCUT2D eigenvalue weighted by Crippen LogP contribution is -2.43. The Balaban J connectivity index is 1.49. The van der Waals surface area contributed by atoms with Gasteiger partial charge in [0.05, 0.1) is 5.56 Å². The van der Waals surface area contributed by atoms with Gasteiger partial charge in [0.25, 0.3) is 0 Å². The molecule has 1 fully saturated rings. The van der Waals surface area contributed by atoms with Gasteiger partial charge in [-0.1, -0.05) is 0 Å². The van der Waals surface area contributed by atoms with Gasteiger partial charge in [0.15, 0.2) is 0 Å². The van der Waals surface area contributed by atoms with E-state index in [1.54, 1.807) is 24.1 Å². The maximum Gasteiger partial charge on any atom is 0.416 e. The van der Waals surface area contributed by atoms with E-state index in [1.165, 1.54) is 12.1 Å². The Bertz CT molecular complexity index is 788. The van der Waals surface area contributed by atoms with Crippen molar-refractivity contribution in [3.63, 3.8) is 0 Å². The van der Waals surface area contributed by atoms with Gasteiger partial charge in [-0.15, -0.1) is 0 Å². The predicted octanol–water partition coefficient (Wildman–Crippen LogP) is 3.88. The summed E-state index contributed by atoms with van der Waals surface area (Å²) in [5.41, 5.74) is -0.429. The van der Waals surface area contributed by atoms with Gasteiger partial charge in [-0.2, -0.15) is 18.2 Å². The molecule has 2 amide bonds. The number of urea groups is 1. The molecule has 3 rings (SSSR count). The van der Waals surface area contributed by atoms with Gasteiger partial charge in [0, 0.05) is 43.9 Å². The van der Waals surface area contributed by atoms with E-state index in [0.717, 1.165) is 12.1 Å². The first-order valence-corrected chi connectivity index (χ1v) is 8.51. The summed E-state index contributed by atoms with van der Waals surface area (Å²) >= 11 is 0. The maximum atomic E-state index is 12.6. The van der Waals surface area contributed by atoms with E-state index in [-0.39, 0.29) is 12.1 Å². The summed E-state index contributed by atoms with van der Waals surface area (Å²) in [7, 11) is 0. The molecule has 1 aliphatic heterocycles. The Kier molecular flexibility index (Phi) is 5.48. The summed E-state index contributed by atoms with van der Waals surface area (Å²) < 4.78 is 43.5. The molecule has 1 saturated heterocycles. The van der Waals surface area contributed by atoms with Crippen molar-refractivity contribution in [2.45, 2.75) is 32.0 Å². The molecule has 0 spiro atoms. The number of aryl methyl sites for hydroxylation is 1. The number of anilines is 1. The number of nitrogens with zero attached hydrogens (tertiary/aromatic N) is 3. The number of carbonyl (C=O) groups is 1. The van der Waals surface area contributed by atoms with Gasteiger partial charge in [0.2, 0.25) is 5.88 Å². The highest BCUT2D eigenvalue weighted by Crippen LogP contribution is 2.30. The number of likely N-dealkylation sites (tertiary alicyclic amines) is 1. The number of nitrogens with one attached hydrogen (secondary N) is 1. The quantitative estimate of drug-likeness (QED) is 0.878. The Morgan fingerprint density at radius 2 is 1.85 bits per heavy atom. The SMILES string of the molecule is Cc1nccc(OC2CCN(C(=O)Nc3ccc(C(F)(F)F)cc3)CC2)n1. The molecule has 2 aromatic rings. The van der Waals surface area contributed by atoms with Crippen LogP contribution in [0.5, 0.6) is 5.88 Å². The van der Waals surface area contributed by atoms with Gasteiger partial charge < -0.3 is 15.0 Å². The van der Waals surface area contributed by atoms with Crippen LogP contribution < -0.4 is 10.1 Å². The van der Waals surface area contributed by atoms with Crippen LogP contribution in [0.1, 0.15) is 24.2 Å². The van der Waals surface area contributed by atoms with Crippen molar-refractivity contribution in [3.05, 3.63) is 47.9 Å². The maximum absolute atomic E-state index is 12.6. The van der Waals surface area contributed by atoms with Gasteiger partial charge >= 0.3 is 12.2 Å². The topological polar surface area (TPSA) is 67.3 Å². The van der Waals surface area contributed by atoms with Crippen molar-refractivity contribution in [1.82, 2.24) is 14.9 Å². The van der Waals surface area contributed by atoms with Crippen LogP contribution >= 0.6 is 0 Å². The zero-order valence-corrected chi connectivity index (χ0v) is 14.7. The molecule has 6 nitrogen and oxygen atoms in total. The number of piperidine rings is 1. The van der Waals surface area contributed by atoms with Crippen LogP contribution in [-0.2, 0) is 6.18 Å². The summed E-state index contributed by atoms with van der Waals surface area (Å²) in [4.78, 5) is 22.1. The zero-order chi connectivity index (χ0) is 19.4. The number of carbonyl (C=O) groups excluding carboxylic acids is 1. The highest BCUT2D eigenvalue weighted by molar-refractivity contribution is 5.89. The molecule has 1 aromatic carbocycles. The van der Waals surface area contributed by atoms with Crippen molar-refractivity contribution in [2.24, 2.45) is 0 Å². The van der Waals surface area contributed by atoms with Crippen LogP contribution in [0.3, 0.4) is 0 Å². The van der Waals surface area contributed by atoms with E-state index >= 15 is 0 Å². The third-order valence-electron chi connectivity index (χ3n) is 4.23. The molecule has 1 N–H and O–H groups in total. The number of ether oxygens (including phenoxy) is 1. The summed E-state index contributed by atoms with van der Waals surface area (Å²) in [6.45, 7) is 2.75. The van der Waals surface area contributed by atoms with Gasteiger partial charge in [0.1, 0.15) is 11.9 Å². The molecule has 27 heavy (non-hydrogen) atoms. The molecule has 0 atom stereocenters. The molecule has 0 saturated carbocycles. The average molecular weight is 380 g/mol. The fourth-order valence-corrected chi connectivity index (χ4v) is 2.79. The molecule has 9 heteroatoms. The molecule has 0 unspecified atom stereocenters. The second-order valence-electron chi connectivity index (χ2n) is 6.25. The van der Waals surface area contributed by atoms with Crippen molar-refractivity contribution in [1.29, 1.82) is 0 Å². The molecule has 2 heterocycles. The summed E-state index contributed by atoms with van der Waals surface area (Å²) in [6.07, 6.45) is -1.53. The van der Waals surface area contributed by atoms with Crippen molar-refractivity contribution >= 4 is 11.7 Å². The highest BCUT2D eigenvalue weighted by Gasteiger charge is 2.30. The van der Waals surface area contributed by atoms with Gasteiger partial charge in [-0.3, -0.25) is 0 Å². The fourth-order valence-electron chi connectivity index (χ4n) is 2.79. The van der Waals surface area contributed by atoms with Gasteiger partial charge in [-0.25, -0.2) is 9.78 Å². The molecule has 0 aliphatic carbocycles. The Labute approximate surface area is 154 Å². The minimum atomic E-state index is -4.40. The lowest BCUT2D eigenvalue weighted by molar-refractivity contribution is -0.137. The Morgan fingerprint density at radius 1 is 1.19 bits per heavy atom. The van der Waals surface area contributed by atoms with Crippen molar-refractivity contribution < 1.29 is 22.7 Å². The van der Waals surface area contributed by atoms with Crippen LogP contribution in [-0.4, -0.2) is 40.1 Å². The van der Waals surface area contributed by atoms with E-state index in [9.17, 15) is 18.0 Å². The monoisotopic (exact) mass is 380 g/mol. The number of rotatable bonds is 3. The number of halogens is 3. The molecular formula is C18H19F3N4O2. The van der Waals surface area contributed by atoms with E-state index in [0.29, 0.717) is 43.3 Å². The first-order chi connectivity index (χ1) is 12.8. The average Bonchev–Trinajstić information content (AvgIpc) is 2.62. The second kappa shape index (κ2) is 7.81.